The van der Waals surface area contributed by atoms with Crippen molar-refractivity contribution in [2.75, 3.05) is 19.6 Å². The van der Waals surface area contributed by atoms with E-state index in [4.69, 9.17) is 0 Å². The van der Waals surface area contributed by atoms with Crippen LogP contribution in [0.5, 0.6) is 0 Å². The van der Waals surface area contributed by atoms with Crippen molar-refractivity contribution >= 4 is 11.8 Å². The second-order valence-corrected chi connectivity index (χ2v) is 5.66. The number of amides is 2. The van der Waals surface area contributed by atoms with Crippen LogP contribution in [0.25, 0.3) is 0 Å². The average molecular weight is 267 g/mol. The van der Waals surface area contributed by atoms with Gasteiger partial charge >= 0.3 is 0 Å². The highest BCUT2D eigenvalue weighted by Gasteiger charge is 2.21. The van der Waals surface area contributed by atoms with Gasteiger partial charge in [0.1, 0.15) is 0 Å². The van der Waals surface area contributed by atoms with Crippen LogP contribution in [0, 0.1) is 5.92 Å². The molecule has 1 saturated heterocycles. The number of nitrogens with one attached hydrogen (secondary N) is 3. The first-order valence-corrected chi connectivity index (χ1v) is 7.53. The summed E-state index contributed by atoms with van der Waals surface area (Å²) in [5.74, 6) is -0.0220. The smallest absolute Gasteiger partial charge is 0.239 e. The lowest BCUT2D eigenvalue weighted by Crippen LogP contribution is -2.46. The maximum atomic E-state index is 11.9. The molecule has 0 aromatic heterocycles. The molecule has 1 aliphatic heterocycles. The van der Waals surface area contributed by atoms with Crippen molar-refractivity contribution in [3.8, 4) is 0 Å². The van der Waals surface area contributed by atoms with Crippen LogP contribution in [-0.2, 0) is 9.59 Å². The van der Waals surface area contributed by atoms with E-state index >= 15 is 0 Å². The Morgan fingerprint density at radius 3 is 2.53 bits per heavy atom. The van der Waals surface area contributed by atoms with Crippen LogP contribution < -0.4 is 16.0 Å². The van der Waals surface area contributed by atoms with Gasteiger partial charge in [-0.15, -0.1) is 0 Å². The summed E-state index contributed by atoms with van der Waals surface area (Å²) in [4.78, 5) is 23.6. The minimum atomic E-state index is -0.0518. The molecule has 0 bridgehead atoms. The molecule has 0 spiro atoms. The van der Waals surface area contributed by atoms with E-state index in [1.807, 2.05) is 0 Å². The molecule has 19 heavy (non-hydrogen) atoms. The van der Waals surface area contributed by atoms with Crippen molar-refractivity contribution in [2.24, 2.45) is 5.92 Å². The highest BCUT2D eigenvalue weighted by atomic mass is 16.2. The number of hydrogen-bond donors (Lipinski definition) is 3. The van der Waals surface area contributed by atoms with E-state index in [-0.39, 0.29) is 24.3 Å². The SMILES string of the molecule is O=C(CNC(=O)C1CCCNC1)NC1CCCCC1. The lowest BCUT2D eigenvalue weighted by Gasteiger charge is -2.24. The van der Waals surface area contributed by atoms with Gasteiger partial charge in [0, 0.05) is 12.6 Å². The molecule has 5 heteroatoms. The molecule has 3 N–H and O–H groups in total. The van der Waals surface area contributed by atoms with Crippen LogP contribution in [0.2, 0.25) is 0 Å². The fraction of sp³-hybridized carbons (Fsp3) is 0.857. The first-order chi connectivity index (χ1) is 9.25. The standard InChI is InChI=1S/C14H25N3O2/c18-13(17-12-6-2-1-3-7-12)10-16-14(19)11-5-4-8-15-9-11/h11-12,15H,1-10H2,(H,16,19)(H,17,18). The monoisotopic (exact) mass is 267 g/mol. The van der Waals surface area contributed by atoms with Crippen LogP contribution >= 0.6 is 0 Å². The third-order valence-corrected chi connectivity index (χ3v) is 4.06. The molecule has 0 aromatic carbocycles. The summed E-state index contributed by atoms with van der Waals surface area (Å²) >= 11 is 0. The number of piperidine rings is 1. The van der Waals surface area contributed by atoms with Crippen LogP contribution in [0.1, 0.15) is 44.9 Å². The molecular formula is C14H25N3O2. The minimum Gasteiger partial charge on any atom is -0.352 e. The van der Waals surface area contributed by atoms with Crippen molar-refractivity contribution in [1.82, 2.24) is 16.0 Å². The van der Waals surface area contributed by atoms with Gasteiger partial charge in [-0.3, -0.25) is 9.59 Å². The Morgan fingerprint density at radius 1 is 1.05 bits per heavy atom. The van der Waals surface area contributed by atoms with Gasteiger partial charge in [0.25, 0.3) is 0 Å². The fourth-order valence-electron chi connectivity index (χ4n) is 2.91. The van der Waals surface area contributed by atoms with E-state index in [0.29, 0.717) is 6.04 Å². The lowest BCUT2D eigenvalue weighted by molar-refractivity contribution is -0.129. The first-order valence-electron chi connectivity index (χ1n) is 7.53. The molecule has 5 nitrogen and oxygen atoms in total. The Hall–Kier alpha value is -1.10. The van der Waals surface area contributed by atoms with Gasteiger partial charge in [-0.05, 0) is 32.2 Å². The summed E-state index contributed by atoms with van der Waals surface area (Å²) < 4.78 is 0. The predicted molar refractivity (Wildman–Crippen MR) is 73.6 cm³/mol. The second-order valence-electron chi connectivity index (χ2n) is 5.66. The lowest BCUT2D eigenvalue weighted by atomic mass is 9.95. The Labute approximate surface area is 114 Å². The largest absolute Gasteiger partial charge is 0.352 e. The van der Waals surface area contributed by atoms with E-state index in [1.165, 1.54) is 19.3 Å². The van der Waals surface area contributed by atoms with Gasteiger partial charge in [0.2, 0.25) is 11.8 Å². The topological polar surface area (TPSA) is 70.2 Å². The molecule has 0 aromatic rings. The van der Waals surface area contributed by atoms with Crippen LogP contribution in [0.3, 0.4) is 0 Å². The average Bonchev–Trinajstić information content (AvgIpc) is 2.47. The van der Waals surface area contributed by atoms with Gasteiger partial charge in [0.05, 0.1) is 12.5 Å². The van der Waals surface area contributed by atoms with E-state index in [1.54, 1.807) is 0 Å². The molecular weight excluding hydrogens is 242 g/mol. The third-order valence-electron chi connectivity index (χ3n) is 4.06. The van der Waals surface area contributed by atoms with Crippen LogP contribution in [0.4, 0.5) is 0 Å². The number of hydrogen-bond acceptors (Lipinski definition) is 3. The molecule has 2 aliphatic rings. The summed E-state index contributed by atoms with van der Waals surface area (Å²) in [6.45, 7) is 1.84. The van der Waals surface area contributed by atoms with Crippen LogP contribution in [0.15, 0.2) is 0 Å². The molecule has 1 atom stereocenters. The van der Waals surface area contributed by atoms with Gasteiger partial charge in [-0.1, -0.05) is 19.3 Å². The van der Waals surface area contributed by atoms with Gasteiger partial charge < -0.3 is 16.0 Å². The fourth-order valence-corrected chi connectivity index (χ4v) is 2.91. The number of carbonyl (C=O) groups excluding carboxylic acids is 2. The van der Waals surface area contributed by atoms with Crippen molar-refractivity contribution in [3.63, 3.8) is 0 Å². The molecule has 1 aliphatic carbocycles. The second kappa shape index (κ2) is 7.48. The highest BCUT2D eigenvalue weighted by molar-refractivity contribution is 5.86. The zero-order valence-corrected chi connectivity index (χ0v) is 11.5. The molecule has 2 amide bonds. The van der Waals surface area contributed by atoms with Crippen molar-refractivity contribution < 1.29 is 9.59 Å². The maximum Gasteiger partial charge on any atom is 0.239 e. The van der Waals surface area contributed by atoms with Crippen LogP contribution in [-0.4, -0.2) is 37.5 Å². The summed E-state index contributed by atoms with van der Waals surface area (Å²) in [5, 5.41) is 8.97. The van der Waals surface area contributed by atoms with E-state index < -0.39 is 0 Å². The van der Waals surface area contributed by atoms with Gasteiger partial charge in [0.15, 0.2) is 0 Å². The highest BCUT2D eigenvalue weighted by Crippen LogP contribution is 2.17. The number of carbonyl (C=O) groups is 2. The molecule has 0 radical (unpaired) electrons. The normalized spacial score (nSPS) is 24.7. The Balaban J connectivity index is 1.63. The van der Waals surface area contributed by atoms with Crippen molar-refractivity contribution in [3.05, 3.63) is 0 Å². The van der Waals surface area contributed by atoms with Crippen molar-refractivity contribution in [2.45, 2.75) is 51.0 Å². The van der Waals surface area contributed by atoms with Gasteiger partial charge in [-0.25, -0.2) is 0 Å². The quantitative estimate of drug-likeness (QED) is 0.697. The number of rotatable bonds is 4. The molecule has 2 fully saturated rings. The van der Waals surface area contributed by atoms with E-state index in [2.05, 4.69) is 16.0 Å². The molecule has 1 saturated carbocycles. The van der Waals surface area contributed by atoms with E-state index in [0.717, 1.165) is 38.8 Å². The minimum absolute atomic E-state index is 0.00555. The summed E-state index contributed by atoms with van der Waals surface area (Å²) in [5.41, 5.74) is 0. The molecule has 108 valence electrons. The predicted octanol–water partition coefficient (Wildman–Crippen LogP) is 0.551. The zero-order valence-electron chi connectivity index (χ0n) is 11.5. The Morgan fingerprint density at radius 2 is 1.84 bits per heavy atom. The summed E-state index contributed by atoms with van der Waals surface area (Å²) in [6.07, 6.45) is 7.78. The summed E-state index contributed by atoms with van der Waals surface area (Å²) in [6, 6.07) is 0.314. The van der Waals surface area contributed by atoms with E-state index in [9.17, 15) is 9.59 Å². The molecule has 1 heterocycles. The van der Waals surface area contributed by atoms with Crippen molar-refractivity contribution in [1.29, 1.82) is 0 Å². The third kappa shape index (κ3) is 4.82. The Kier molecular flexibility index (Phi) is 5.63. The maximum absolute atomic E-state index is 11.9. The van der Waals surface area contributed by atoms with Gasteiger partial charge in [-0.2, -0.15) is 0 Å². The zero-order chi connectivity index (χ0) is 13.5. The first kappa shape index (κ1) is 14.3. The molecule has 1 unspecified atom stereocenters. The molecule has 2 rings (SSSR count). The Bertz CT molecular complexity index is 308. The summed E-state index contributed by atoms with van der Waals surface area (Å²) in [7, 11) is 0.